The van der Waals surface area contributed by atoms with E-state index in [1.165, 1.54) is 0 Å². The summed E-state index contributed by atoms with van der Waals surface area (Å²) < 4.78 is 1.76. The van der Waals surface area contributed by atoms with Crippen molar-refractivity contribution in [3.05, 3.63) is 30.5 Å². The molecule has 1 saturated heterocycles. The summed E-state index contributed by atoms with van der Waals surface area (Å²) in [6.07, 6.45) is 9.37. The Hall–Kier alpha value is -2.24. The quantitative estimate of drug-likeness (QED) is 0.850. The third-order valence-electron chi connectivity index (χ3n) is 4.42. The number of hydrogen-bond donors (Lipinski definition) is 0. The molecule has 0 saturated carbocycles. The first kappa shape index (κ1) is 16.6. The summed E-state index contributed by atoms with van der Waals surface area (Å²) in [6.45, 7) is 7.48. The van der Waals surface area contributed by atoms with Crippen molar-refractivity contribution in [1.29, 1.82) is 0 Å². The molecule has 3 rings (SSSR count). The number of piperidine rings is 1. The van der Waals surface area contributed by atoms with Gasteiger partial charge >= 0.3 is 0 Å². The number of aromatic nitrogens is 4. The van der Waals surface area contributed by atoms with Crippen molar-refractivity contribution < 1.29 is 4.79 Å². The van der Waals surface area contributed by atoms with Crippen LogP contribution >= 0.6 is 0 Å². The molecule has 128 valence electrons. The molecule has 6 heteroatoms. The topological polar surface area (TPSA) is 63.9 Å². The van der Waals surface area contributed by atoms with Crippen LogP contribution in [0.15, 0.2) is 24.8 Å². The molecule has 0 aromatic carbocycles. The second-order valence-electron chi connectivity index (χ2n) is 7.57. The van der Waals surface area contributed by atoms with E-state index in [4.69, 9.17) is 4.98 Å². The van der Waals surface area contributed by atoms with Gasteiger partial charge in [0.2, 0.25) is 5.91 Å². The van der Waals surface area contributed by atoms with Crippen LogP contribution in [0.4, 0.5) is 0 Å². The molecular weight excluding hydrogens is 302 g/mol. The zero-order chi connectivity index (χ0) is 17.3. The van der Waals surface area contributed by atoms with E-state index in [-0.39, 0.29) is 17.2 Å². The van der Waals surface area contributed by atoms with Gasteiger partial charge in [-0.05, 0) is 12.8 Å². The van der Waals surface area contributed by atoms with Gasteiger partial charge in [0.1, 0.15) is 0 Å². The van der Waals surface area contributed by atoms with Crippen molar-refractivity contribution in [3.8, 4) is 11.3 Å². The van der Waals surface area contributed by atoms with Crippen LogP contribution in [-0.2, 0) is 11.8 Å². The minimum absolute atomic E-state index is 0.212. The Kier molecular flexibility index (Phi) is 4.39. The first-order valence-corrected chi connectivity index (χ1v) is 8.45. The van der Waals surface area contributed by atoms with Crippen LogP contribution in [0, 0.1) is 5.41 Å². The van der Waals surface area contributed by atoms with E-state index in [0.29, 0.717) is 0 Å². The highest BCUT2D eigenvalue weighted by molar-refractivity contribution is 5.81. The maximum atomic E-state index is 12.6. The smallest absolute Gasteiger partial charge is 0.227 e. The van der Waals surface area contributed by atoms with Crippen LogP contribution in [0.5, 0.6) is 0 Å². The number of nitrogens with zero attached hydrogens (tertiary/aromatic N) is 5. The van der Waals surface area contributed by atoms with Gasteiger partial charge in [-0.2, -0.15) is 5.10 Å². The van der Waals surface area contributed by atoms with E-state index in [2.05, 4.69) is 10.1 Å². The van der Waals surface area contributed by atoms with Crippen LogP contribution in [-0.4, -0.2) is 43.6 Å². The lowest BCUT2D eigenvalue weighted by atomic mass is 9.90. The van der Waals surface area contributed by atoms with E-state index < -0.39 is 0 Å². The summed E-state index contributed by atoms with van der Waals surface area (Å²) >= 11 is 0. The second kappa shape index (κ2) is 6.34. The molecular formula is C18H25N5O. The predicted molar refractivity (Wildman–Crippen MR) is 92.2 cm³/mol. The first-order valence-electron chi connectivity index (χ1n) is 8.45. The number of hydrogen-bond acceptors (Lipinski definition) is 4. The number of amides is 1. The number of likely N-dealkylation sites (tertiary alicyclic amines) is 1. The van der Waals surface area contributed by atoms with Crippen LogP contribution in [0.25, 0.3) is 11.3 Å². The van der Waals surface area contributed by atoms with E-state index in [9.17, 15) is 4.79 Å². The van der Waals surface area contributed by atoms with Gasteiger partial charge in [0.15, 0.2) is 0 Å². The summed E-state index contributed by atoms with van der Waals surface area (Å²) in [5.74, 6) is 0.456. The van der Waals surface area contributed by atoms with Gasteiger partial charge in [-0.25, -0.2) is 4.98 Å². The molecule has 1 fully saturated rings. The fourth-order valence-electron chi connectivity index (χ4n) is 3.15. The fraction of sp³-hybridized carbons (Fsp3) is 0.556. The highest BCUT2D eigenvalue weighted by Crippen LogP contribution is 2.29. The van der Waals surface area contributed by atoms with Crippen molar-refractivity contribution in [2.24, 2.45) is 12.5 Å². The maximum absolute atomic E-state index is 12.6. The van der Waals surface area contributed by atoms with Crippen molar-refractivity contribution in [3.63, 3.8) is 0 Å². The number of rotatable bonds is 2. The Morgan fingerprint density at radius 2 is 2.04 bits per heavy atom. The molecule has 2 aromatic rings. The lowest BCUT2D eigenvalue weighted by Gasteiger charge is -2.36. The number of aryl methyl sites for hydroxylation is 1. The first-order chi connectivity index (χ1) is 11.3. The van der Waals surface area contributed by atoms with Gasteiger partial charge in [-0.3, -0.25) is 14.5 Å². The molecule has 2 aromatic heterocycles. The fourth-order valence-corrected chi connectivity index (χ4v) is 3.15. The summed E-state index contributed by atoms with van der Waals surface area (Å²) in [4.78, 5) is 23.7. The highest BCUT2D eigenvalue weighted by Gasteiger charge is 2.32. The van der Waals surface area contributed by atoms with Gasteiger partial charge in [0, 0.05) is 49.4 Å². The van der Waals surface area contributed by atoms with Crippen molar-refractivity contribution in [2.45, 2.75) is 39.5 Å². The lowest BCUT2D eigenvalue weighted by Crippen LogP contribution is -2.44. The summed E-state index contributed by atoms with van der Waals surface area (Å²) in [5, 5.41) is 4.19. The van der Waals surface area contributed by atoms with E-state index in [1.807, 2.05) is 45.1 Å². The second-order valence-corrected chi connectivity index (χ2v) is 7.57. The van der Waals surface area contributed by atoms with Gasteiger partial charge in [-0.1, -0.05) is 20.8 Å². The van der Waals surface area contributed by atoms with Crippen molar-refractivity contribution in [2.75, 3.05) is 13.1 Å². The van der Waals surface area contributed by atoms with Crippen LogP contribution in [0.3, 0.4) is 0 Å². The molecule has 6 nitrogen and oxygen atoms in total. The largest absolute Gasteiger partial charge is 0.342 e. The Morgan fingerprint density at radius 3 is 2.71 bits per heavy atom. The van der Waals surface area contributed by atoms with E-state index in [1.54, 1.807) is 17.1 Å². The van der Waals surface area contributed by atoms with Gasteiger partial charge in [0.05, 0.1) is 23.8 Å². The zero-order valence-corrected chi connectivity index (χ0v) is 14.9. The van der Waals surface area contributed by atoms with Gasteiger partial charge in [-0.15, -0.1) is 0 Å². The molecule has 0 aliphatic carbocycles. The van der Waals surface area contributed by atoms with Crippen LogP contribution in [0.1, 0.15) is 45.2 Å². The third kappa shape index (κ3) is 3.47. The Morgan fingerprint density at radius 1 is 1.25 bits per heavy atom. The molecule has 0 radical (unpaired) electrons. The summed E-state index contributed by atoms with van der Waals surface area (Å²) in [6, 6.07) is 0. The molecule has 0 bridgehead atoms. The van der Waals surface area contributed by atoms with Crippen LogP contribution in [0.2, 0.25) is 0 Å². The lowest BCUT2D eigenvalue weighted by molar-refractivity contribution is -0.140. The number of carbonyl (C=O) groups excluding carboxylic acids is 1. The average Bonchev–Trinajstić information content (AvgIpc) is 3.00. The average molecular weight is 327 g/mol. The molecule has 1 aliphatic rings. The SMILES string of the molecule is Cn1cc(-c2cncc([C@H]3CCCN(C(=O)C(C)(C)C)C3)n2)cn1. The Bertz CT molecular complexity index is 731. The van der Waals surface area contributed by atoms with E-state index >= 15 is 0 Å². The molecule has 0 unspecified atom stereocenters. The molecule has 1 atom stereocenters. The summed E-state index contributed by atoms with van der Waals surface area (Å²) in [5.41, 5.74) is 2.42. The number of carbonyl (C=O) groups is 1. The Labute approximate surface area is 142 Å². The van der Waals surface area contributed by atoms with E-state index in [0.717, 1.165) is 42.9 Å². The highest BCUT2D eigenvalue weighted by atomic mass is 16.2. The Balaban J connectivity index is 1.80. The standard InChI is InChI=1S/C18H25N5O/c1-18(2,3)17(24)23-7-5-6-13(12-23)15-9-19-10-16(21-15)14-8-20-22(4)11-14/h8-11,13H,5-7,12H2,1-4H3/t13-/m0/s1. The zero-order valence-electron chi connectivity index (χ0n) is 14.9. The molecule has 24 heavy (non-hydrogen) atoms. The molecule has 3 heterocycles. The minimum atomic E-state index is -0.342. The minimum Gasteiger partial charge on any atom is -0.342 e. The summed E-state index contributed by atoms with van der Waals surface area (Å²) in [7, 11) is 1.89. The third-order valence-corrected chi connectivity index (χ3v) is 4.42. The maximum Gasteiger partial charge on any atom is 0.227 e. The monoisotopic (exact) mass is 327 g/mol. The molecule has 0 spiro atoms. The van der Waals surface area contributed by atoms with Gasteiger partial charge in [0.25, 0.3) is 0 Å². The van der Waals surface area contributed by atoms with Crippen molar-refractivity contribution in [1.82, 2.24) is 24.6 Å². The van der Waals surface area contributed by atoms with Gasteiger partial charge < -0.3 is 4.90 Å². The molecule has 0 N–H and O–H groups in total. The normalized spacial score (nSPS) is 18.7. The van der Waals surface area contributed by atoms with Crippen LogP contribution < -0.4 is 0 Å². The molecule has 1 aliphatic heterocycles. The van der Waals surface area contributed by atoms with Crippen molar-refractivity contribution >= 4 is 5.91 Å². The molecule has 1 amide bonds. The predicted octanol–water partition coefficient (Wildman–Crippen LogP) is 2.63.